The van der Waals surface area contributed by atoms with Crippen LogP contribution in [0.2, 0.25) is 0 Å². The van der Waals surface area contributed by atoms with Crippen LogP contribution < -0.4 is 5.73 Å². The molecule has 0 saturated carbocycles. The zero-order chi connectivity index (χ0) is 11.5. The van der Waals surface area contributed by atoms with E-state index in [0.717, 1.165) is 14.9 Å². The summed E-state index contributed by atoms with van der Waals surface area (Å²) in [6.45, 7) is 0. The number of nitrogen functional groups attached to an aromatic ring is 1. The molecular formula is C12H12BrNOS. The summed E-state index contributed by atoms with van der Waals surface area (Å²) in [4.78, 5) is 1.14. The molecule has 1 atom stereocenters. The minimum Gasteiger partial charge on any atom is -0.398 e. The van der Waals surface area contributed by atoms with E-state index >= 15 is 0 Å². The fourth-order valence-electron chi connectivity index (χ4n) is 1.58. The molecule has 0 aliphatic carbocycles. The Bertz CT molecular complexity index is 483. The topological polar surface area (TPSA) is 46.2 Å². The molecule has 0 amide bonds. The molecule has 0 aliphatic rings. The molecule has 2 rings (SSSR count). The van der Waals surface area contributed by atoms with Gasteiger partial charge in [-0.3, -0.25) is 0 Å². The van der Waals surface area contributed by atoms with Gasteiger partial charge in [-0.1, -0.05) is 18.2 Å². The quantitative estimate of drug-likeness (QED) is 0.853. The summed E-state index contributed by atoms with van der Waals surface area (Å²) in [5.41, 5.74) is 7.26. The number of nitrogens with two attached hydrogens (primary N) is 1. The Labute approximate surface area is 107 Å². The molecule has 0 aliphatic heterocycles. The highest BCUT2D eigenvalue weighted by molar-refractivity contribution is 9.10. The van der Waals surface area contributed by atoms with Gasteiger partial charge in [0.15, 0.2) is 0 Å². The van der Waals surface area contributed by atoms with E-state index in [-0.39, 0.29) is 0 Å². The van der Waals surface area contributed by atoms with Crippen molar-refractivity contribution in [3.8, 4) is 0 Å². The Kier molecular flexibility index (Phi) is 3.63. The second kappa shape index (κ2) is 4.99. The van der Waals surface area contributed by atoms with Crippen molar-refractivity contribution in [2.75, 3.05) is 5.73 Å². The average molecular weight is 298 g/mol. The van der Waals surface area contributed by atoms with E-state index in [0.29, 0.717) is 12.1 Å². The van der Waals surface area contributed by atoms with Gasteiger partial charge in [-0.2, -0.15) is 0 Å². The largest absolute Gasteiger partial charge is 0.398 e. The molecule has 1 heterocycles. The van der Waals surface area contributed by atoms with Crippen molar-refractivity contribution in [3.63, 3.8) is 0 Å². The Morgan fingerprint density at radius 3 is 2.75 bits per heavy atom. The Morgan fingerprint density at radius 1 is 1.38 bits per heavy atom. The molecule has 4 heteroatoms. The molecule has 0 spiro atoms. The lowest BCUT2D eigenvalue weighted by Crippen LogP contribution is -2.04. The zero-order valence-corrected chi connectivity index (χ0v) is 11.0. The highest BCUT2D eigenvalue weighted by Crippen LogP contribution is 2.27. The summed E-state index contributed by atoms with van der Waals surface area (Å²) in [6.07, 6.45) is 0.0662. The highest BCUT2D eigenvalue weighted by atomic mass is 79.9. The van der Waals surface area contributed by atoms with Crippen LogP contribution >= 0.6 is 27.3 Å². The third kappa shape index (κ3) is 2.64. The summed E-state index contributed by atoms with van der Waals surface area (Å²) in [5, 5.41) is 12.1. The number of para-hydroxylation sites is 1. The predicted octanol–water partition coefficient (Wildman–Crippen LogP) is 3.37. The van der Waals surface area contributed by atoms with Gasteiger partial charge in [0.25, 0.3) is 0 Å². The number of hydrogen-bond acceptors (Lipinski definition) is 3. The lowest BCUT2D eigenvalue weighted by Gasteiger charge is -2.11. The zero-order valence-electron chi connectivity index (χ0n) is 8.56. The van der Waals surface area contributed by atoms with Gasteiger partial charge < -0.3 is 10.8 Å². The summed E-state index contributed by atoms with van der Waals surface area (Å²) >= 11 is 5.03. The monoisotopic (exact) mass is 297 g/mol. The molecule has 0 saturated heterocycles. The maximum Gasteiger partial charge on any atom is 0.0858 e. The number of anilines is 1. The normalized spacial score (nSPS) is 12.6. The highest BCUT2D eigenvalue weighted by Gasteiger charge is 2.12. The van der Waals surface area contributed by atoms with Gasteiger partial charge in [0.1, 0.15) is 0 Å². The van der Waals surface area contributed by atoms with Gasteiger partial charge in [0.2, 0.25) is 0 Å². The number of aliphatic hydroxyl groups excluding tert-OH is 1. The van der Waals surface area contributed by atoms with Crippen LogP contribution in [0.15, 0.2) is 40.2 Å². The van der Waals surface area contributed by atoms with Crippen molar-refractivity contribution in [3.05, 3.63) is 50.6 Å². The van der Waals surface area contributed by atoms with E-state index in [2.05, 4.69) is 15.9 Å². The minimum atomic E-state index is -0.535. The van der Waals surface area contributed by atoms with Crippen molar-refractivity contribution in [1.29, 1.82) is 0 Å². The second-order valence-corrected chi connectivity index (χ2v) is 5.49. The average Bonchev–Trinajstić information content (AvgIpc) is 2.64. The molecule has 2 nitrogen and oxygen atoms in total. The number of thiophene rings is 1. The number of halogens is 1. The number of hydrogen-bond donors (Lipinski definition) is 2. The SMILES string of the molecule is Nc1ccccc1C(O)Cc1cc(Br)cs1. The molecule has 1 aromatic heterocycles. The summed E-state index contributed by atoms with van der Waals surface area (Å²) in [5.74, 6) is 0. The Hall–Kier alpha value is -0.840. The maximum atomic E-state index is 10.1. The standard InChI is InChI=1S/C12H12BrNOS/c13-8-5-9(16-7-8)6-12(15)10-3-1-2-4-11(10)14/h1-5,7,12,15H,6,14H2. The van der Waals surface area contributed by atoms with E-state index in [1.165, 1.54) is 0 Å². The van der Waals surface area contributed by atoms with E-state index < -0.39 is 6.10 Å². The van der Waals surface area contributed by atoms with E-state index in [9.17, 15) is 5.11 Å². The van der Waals surface area contributed by atoms with Gasteiger partial charge >= 0.3 is 0 Å². The van der Waals surface area contributed by atoms with Gasteiger partial charge in [-0.05, 0) is 28.1 Å². The van der Waals surface area contributed by atoms with Gasteiger partial charge in [0.05, 0.1) is 6.10 Å². The van der Waals surface area contributed by atoms with E-state index in [1.54, 1.807) is 11.3 Å². The molecule has 0 radical (unpaired) electrons. The van der Waals surface area contributed by atoms with Crippen molar-refractivity contribution in [1.82, 2.24) is 0 Å². The molecular weight excluding hydrogens is 286 g/mol. The third-order valence-corrected chi connectivity index (χ3v) is 4.09. The van der Waals surface area contributed by atoms with Crippen molar-refractivity contribution in [2.45, 2.75) is 12.5 Å². The van der Waals surface area contributed by atoms with Crippen LogP contribution in [0, 0.1) is 0 Å². The maximum absolute atomic E-state index is 10.1. The van der Waals surface area contributed by atoms with Crippen LogP contribution in [0.4, 0.5) is 5.69 Å². The van der Waals surface area contributed by atoms with Crippen LogP contribution in [-0.4, -0.2) is 5.11 Å². The summed E-state index contributed by atoms with van der Waals surface area (Å²) in [7, 11) is 0. The molecule has 0 fully saturated rings. The van der Waals surface area contributed by atoms with Crippen LogP contribution in [0.1, 0.15) is 16.5 Å². The third-order valence-electron chi connectivity index (χ3n) is 2.37. The van der Waals surface area contributed by atoms with Crippen molar-refractivity contribution < 1.29 is 5.11 Å². The van der Waals surface area contributed by atoms with Crippen LogP contribution in [0.3, 0.4) is 0 Å². The molecule has 2 aromatic rings. The second-order valence-electron chi connectivity index (χ2n) is 3.58. The fraction of sp³-hybridized carbons (Fsp3) is 0.167. The first-order valence-electron chi connectivity index (χ1n) is 4.92. The van der Waals surface area contributed by atoms with Crippen LogP contribution in [-0.2, 0) is 6.42 Å². The van der Waals surface area contributed by atoms with Gasteiger partial charge in [-0.15, -0.1) is 11.3 Å². The number of rotatable bonds is 3. The lowest BCUT2D eigenvalue weighted by molar-refractivity contribution is 0.180. The minimum absolute atomic E-state index is 0.535. The van der Waals surface area contributed by atoms with Gasteiger partial charge in [0, 0.05) is 32.4 Å². The first-order chi connectivity index (χ1) is 7.66. The number of benzene rings is 1. The van der Waals surface area contributed by atoms with E-state index in [1.807, 2.05) is 35.7 Å². The predicted molar refractivity (Wildman–Crippen MR) is 71.5 cm³/mol. The Balaban J connectivity index is 2.14. The summed E-state index contributed by atoms with van der Waals surface area (Å²) < 4.78 is 1.06. The number of aliphatic hydroxyl groups is 1. The summed E-state index contributed by atoms with van der Waals surface area (Å²) in [6, 6.07) is 9.45. The van der Waals surface area contributed by atoms with E-state index in [4.69, 9.17) is 5.73 Å². The smallest absolute Gasteiger partial charge is 0.0858 e. The van der Waals surface area contributed by atoms with Crippen LogP contribution in [0.25, 0.3) is 0 Å². The molecule has 0 bridgehead atoms. The van der Waals surface area contributed by atoms with Gasteiger partial charge in [-0.25, -0.2) is 0 Å². The fourth-order valence-corrected chi connectivity index (χ4v) is 3.07. The molecule has 84 valence electrons. The molecule has 3 N–H and O–H groups in total. The Morgan fingerprint density at radius 2 is 2.12 bits per heavy atom. The van der Waals surface area contributed by atoms with Crippen molar-refractivity contribution in [2.24, 2.45) is 0 Å². The first-order valence-corrected chi connectivity index (χ1v) is 6.59. The molecule has 16 heavy (non-hydrogen) atoms. The van der Waals surface area contributed by atoms with Crippen molar-refractivity contribution >= 4 is 33.0 Å². The van der Waals surface area contributed by atoms with Crippen LogP contribution in [0.5, 0.6) is 0 Å². The first kappa shape index (κ1) is 11.6. The molecule has 1 unspecified atom stereocenters. The molecule has 1 aromatic carbocycles. The lowest BCUT2D eigenvalue weighted by atomic mass is 10.0.